The van der Waals surface area contributed by atoms with E-state index in [-0.39, 0.29) is 11.6 Å². The van der Waals surface area contributed by atoms with Crippen LogP contribution in [0.5, 0.6) is 5.75 Å². The first-order valence-corrected chi connectivity index (χ1v) is 5.90. The Morgan fingerprint density at radius 3 is 3.00 bits per heavy atom. The zero-order valence-corrected chi connectivity index (χ0v) is 9.29. The molecule has 1 N–H and O–H groups in total. The Morgan fingerprint density at radius 1 is 1.50 bits per heavy atom. The highest BCUT2D eigenvalue weighted by molar-refractivity contribution is 7.97. The second-order valence-electron chi connectivity index (χ2n) is 3.11. The lowest BCUT2D eigenvalue weighted by atomic mass is 10.2. The number of thioether (sulfide) groups is 1. The smallest absolute Gasteiger partial charge is 0.261 e. The molecule has 0 amide bonds. The molecule has 0 aliphatic rings. The molecule has 2 rings (SSSR count). The summed E-state index contributed by atoms with van der Waals surface area (Å²) < 4.78 is 17.7. The van der Waals surface area contributed by atoms with Crippen molar-refractivity contribution in [3.05, 3.63) is 29.8 Å². The maximum absolute atomic E-state index is 12.8. The largest absolute Gasteiger partial charge is 0.507 e. The molecule has 0 atom stereocenters. The first-order chi connectivity index (χ1) is 7.70. The van der Waals surface area contributed by atoms with Crippen molar-refractivity contribution in [2.75, 3.05) is 6.26 Å². The van der Waals surface area contributed by atoms with Crippen molar-refractivity contribution in [1.82, 2.24) is 10.1 Å². The SMILES string of the molecule is CSCc1noc(-c2ccc(F)cc2O)n1. The molecular formula is C10H9FN2O2S. The minimum absolute atomic E-state index is 0.196. The number of phenolic OH excluding ortho intramolecular Hbond substituents is 1. The van der Waals surface area contributed by atoms with Gasteiger partial charge in [0.05, 0.1) is 11.3 Å². The highest BCUT2D eigenvalue weighted by Gasteiger charge is 2.12. The van der Waals surface area contributed by atoms with Crippen molar-refractivity contribution < 1.29 is 14.0 Å². The van der Waals surface area contributed by atoms with E-state index in [1.165, 1.54) is 12.1 Å². The normalized spacial score (nSPS) is 10.6. The first-order valence-electron chi connectivity index (χ1n) is 4.51. The highest BCUT2D eigenvalue weighted by Crippen LogP contribution is 2.28. The van der Waals surface area contributed by atoms with Gasteiger partial charge in [-0.05, 0) is 18.4 Å². The number of hydrogen-bond acceptors (Lipinski definition) is 5. The molecular weight excluding hydrogens is 231 g/mol. The fourth-order valence-electron chi connectivity index (χ4n) is 1.24. The van der Waals surface area contributed by atoms with Crippen molar-refractivity contribution in [3.63, 3.8) is 0 Å². The fraction of sp³-hybridized carbons (Fsp3) is 0.200. The van der Waals surface area contributed by atoms with E-state index < -0.39 is 5.82 Å². The number of benzene rings is 1. The molecule has 0 saturated heterocycles. The van der Waals surface area contributed by atoms with Crippen molar-refractivity contribution in [2.45, 2.75) is 5.75 Å². The Morgan fingerprint density at radius 2 is 2.31 bits per heavy atom. The van der Waals surface area contributed by atoms with Crippen molar-refractivity contribution in [3.8, 4) is 17.2 Å². The summed E-state index contributed by atoms with van der Waals surface area (Å²) in [5.74, 6) is 0.656. The Kier molecular flexibility index (Phi) is 3.09. The second-order valence-corrected chi connectivity index (χ2v) is 3.98. The number of hydrogen-bond donors (Lipinski definition) is 1. The standard InChI is InChI=1S/C10H9FN2O2S/c1-16-5-9-12-10(15-13-9)7-3-2-6(11)4-8(7)14/h2-4,14H,5H2,1H3. The zero-order valence-electron chi connectivity index (χ0n) is 8.48. The molecule has 0 radical (unpaired) electrons. The predicted octanol–water partition coefficient (Wildman–Crippen LogP) is 2.44. The van der Waals surface area contributed by atoms with Crippen LogP contribution in [0.3, 0.4) is 0 Å². The third-order valence-corrected chi connectivity index (χ3v) is 2.48. The van der Waals surface area contributed by atoms with E-state index >= 15 is 0 Å². The van der Waals surface area contributed by atoms with E-state index in [9.17, 15) is 9.50 Å². The maximum Gasteiger partial charge on any atom is 0.261 e. The third kappa shape index (κ3) is 2.16. The molecule has 84 valence electrons. The van der Waals surface area contributed by atoms with Crippen LogP contribution in [0.15, 0.2) is 22.7 Å². The van der Waals surface area contributed by atoms with Crippen LogP contribution < -0.4 is 0 Å². The predicted molar refractivity (Wildman–Crippen MR) is 58.6 cm³/mol. The van der Waals surface area contributed by atoms with Gasteiger partial charge in [0.1, 0.15) is 11.6 Å². The number of halogens is 1. The third-order valence-electron chi connectivity index (χ3n) is 1.93. The van der Waals surface area contributed by atoms with Gasteiger partial charge in [-0.25, -0.2) is 4.39 Å². The second kappa shape index (κ2) is 4.52. The average molecular weight is 240 g/mol. The average Bonchev–Trinajstić information content (AvgIpc) is 2.67. The van der Waals surface area contributed by atoms with E-state index in [2.05, 4.69) is 10.1 Å². The molecule has 0 aliphatic heterocycles. The number of rotatable bonds is 3. The van der Waals surface area contributed by atoms with E-state index in [0.29, 0.717) is 17.1 Å². The molecule has 1 aromatic carbocycles. The van der Waals surface area contributed by atoms with Crippen molar-refractivity contribution in [2.24, 2.45) is 0 Å². The van der Waals surface area contributed by atoms with Crippen LogP contribution in [0.4, 0.5) is 4.39 Å². The Labute approximate surface area is 95.5 Å². The van der Waals surface area contributed by atoms with Gasteiger partial charge in [-0.15, -0.1) is 0 Å². The van der Waals surface area contributed by atoms with Crippen LogP contribution in [-0.2, 0) is 5.75 Å². The van der Waals surface area contributed by atoms with Crippen LogP contribution in [-0.4, -0.2) is 21.5 Å². The Bertz CT molecular complexity index is 501. The van der Waals surface area contributed by atoms with E-state index in [0.717, 1.165) is 6.07 Å². The minimum Gasteiger partial charge on any atom is -0.507 e. The molecule has 0 saturated carbocycles. The van der Waals surface area contributed by atoms with Gasteiger partial charge in [-0.3, -0.25) is 0 Å². The van der Waals surface area contributed by atoms with Gasteiger partial charge >= 0.3 is 0 Å². The highest BCUT2D eigenvalue weighted by atomic mass is 32.2. The van der Waals surface area contributed by atoms with Gasteiger partial charge in [0.15, 0.2) is 5.82 Å². The van der Waals surface area contributed by atoms with Crippen LogP contribution in [0.25, 0.3) is 11.5 Å². The molecule has 0 aliphatic carbocycles. The Balaban J connectivity index is 2.35. The summed E-state index contributed by atoms with van der Waals surface area (Å²) in [6.07, 6.45) is 1.92. The van der Waals surface area contributed by atoms with Crippen molar-refractivity contribution >= 4 is 11.8 Å². The molecule has 6 heteroatoms. The van der Waals surface area contributed by atoms with Gasteiger partial charge in [0.2, 0.25) is 0 Å². The molecule has 0 bridgehead atoms. The molecule has 0 fully saturated rings. The first kappa shape index (κ1) is 10.9. The van der Waals surface area contributed by atoms with Crippen molar-refractivity contribution in [1.29, 1.82) is 0 Å². The van der Waals surface area contributed by atoms with Crippen LogP contribution >= 0.6 is 11.8 Å². The van der Waals surface area contributed by atoms with Gasteiger partial charge in [0, 0.05) is 6.07 Å². The summed E-state index contributed by atoms with van der Waals surface area (Å²) in [4.78, 5) is 4.08. The fourth-order valence-corrected chi connectivity index (χ4v) is 1.61. The molecule has 2 aromatic rings. The number of phenols is 1. The monoisotopic (exact) mass is 240 g/mol. The molecule has 1 heterocycles. The number of aromatic nitrogens is 2. The zero-order chi connectivity index (χ0) is 11.5. The van der Waals surface area contributed by atoms with E-state index in [1.54, 1.807) is 11.8 Å². The quantitative estimate of drug-likeness (QED) is 0.892. The molecule has 0 spiro atoms. The summed E-state index contributed by atoms with van der Waals surface area (Å²) in [7, 11) is 0. The lowest BCUT2D eigenvalue weighted by molar-refractivity contribution is 0.419. The summed E-state index contributed by atoms with van der Waals surface area (Å²) in [5, 5.41) is 13.2. The van der Waals surface area contributed by atoms with Gasteiger partial charge in [0.25, 0.3) is 5.89 Å². The number of nitrogens with zero attached hydrogens (tertiary/aromatic N) is 2. The number of aromatic hydroxyl groups is 1. The summed E-state index contributed by atoms with van der Waals surface area (Å²) in [6.45, 7) is 0. The lowest BCUT2D eigenvalue weighted by Crippen LogP contribution is -1.84. The van der Waals surface area contributed by atoms with Crippen LogP contribution in [0, 0.1) is 5.82 Å². The maximum atomic E-state index is 12.8. The van der Waals surface area contributed by atoms with Crippen LogP contribution in [0.1, 0.15) is 5.82 Å². The molecule has 16 heavy (non-hydrogen) atoms. The molecule has 0 unspecified atom stereocenters. The Hall–Kier alpha value is -1.56. The summed E-state index contributed by atoms with van der Waals surface area (Å²) in [5.41, 5.74) is 0.334. The van der Waals surface area contributed by atoms with Gasteiger partial charge in [-0.1, -0.05) is 5.16 Å². The van der Waals surface area contributed by atoms with E-state index in [4.69, 9.17) is 4.52 Å². The summed E-state index contributed by atoms with van der Waals surface area (Å²) in [6, 6.07) is 3.64. The van der Waals surface area contributed by atoms with Gasteiger partial charge in [-0.2, -0.15) is 16.7 Å². The van der Waals surface area contributed by atoms with Gasteiger partial charge < -0.3 is 9.63 Å². The summed E-state index contributed by atoms with van der Waals surface area (Å²) >= 11 is 1.56. The van der Waals surface area contributed by atoms with Crippen LogP contribution in [0.2, 0.25) is 0 Å². The molecule has 1 aromatic heterocycles. The molecule has 4 nitrogen and oxygen atoms in total. The topological polar surface area (TPSA) is 59.2 Å². The van der Waals surface area contributed by atoms with E-state index in [1.807, 2.05) is 6.26 Å². The lowest BCUT2D eigenvalue weighted by Gasteiger charge is -1.98. The minimum atomic E-state index is -0.509.